The van der Waals surface area contributed by atoms with Crippen LogP contribution >= 0.6 is 0 Å². The molecule has 0 aliphatic heterocycles. The second-order valence-electron chi connectivity index (χ2n) is 5.67. The molecule has 3 nitrogen and oxygen atoms in total. The van der Waals surface area contributed by atoms with E-state index in [1.807, 2.05) is 26.0 Å². The van der Waals surface area contributed by atoms with Crippen molar-refractivity contribution >= 4 is 5.97 Å². The number of aliphatic hydroxyl groups is 1. The Balaban J connectivity index is 3.87. The topological polar surface area (TPSA) is 57.5 Å². The highest BCUT2D eigenvalue weighted by atomic mass is 16.4. The minimum Gasteiger partial charge on any atom is -0.478 e. The van der Waals surface area contributed by atoms with Crippen molar-refractivity contribution in [3.05, 3.63) is 23.8 Å². The van der Waals surface area contributed by atoms with Crippen LogP contribution in [0, 0.1) is 5.92 Å². The van der Waals surface area contributed by atoms with Crippen LogP contribution < -0.4 is 0 Å². The summed E-state index contributed by atoms with van der Waals surface area (Å²) in [6.07, 6.45) is 8.92. The van der Waals surface area contributed by atoms with Crippen LogP contribution in [0.15, 0.2) is 23.8 Å². The predicted molar refractivity (Wildman–Crippen MR) is 74.5 cm³/mol. The van der Waals surface area contributed by atoms with E-state index in [1.54, 1.807) is 6.92 Å². The van der Waals surface area contributed by atoms with E-state index in [4.69, 9.17) is 5.11 Å². The lowest BCUT2D eigenvalue weighted by molar-refractivity contribution is -0.131. The van der Waals surface area contributed by atoms with Crippen molar-refractivity contribution < 1.29 is 15.0 Å². The maximum Gasteiger partial charge on any atom is 0.328 e. The Labute approximate surface area is 110 Å². The SMILES string of the molecule is CC(C=CCC(C)CCCC(C)(C)O)=CC(=O)O. The molecule has 104 valence electrons. The second kappa shape index (κ2) is 8.09. The summed E-state index contributed by atoms with van der Waals surface area (Å²) < 4.78 is 0. The quantitative estimate of drug-likeness (QED) is 0.514. The van der Waals surface area contributed by atoms with Crippen LogP contribution in [0.2, 0.25) is 0 Å². The molecule has 2 N–H and O–H groups in total. The molecule has 0 fully saturated rings. The third-order valence-corrected chi connectivity index (χ3v) is 2.76. The molecule has 1 atom stereocenters. The fourth-order valence-electron chi connectivity index (χ4n) is 1.73. The largest absolute Gasteiger partial charge is 0.478 e. The Hall–Kier alpha value is -1.09. The van der Waals surface area contributed by atoms with Gasteiger partial charge in [0.25, 0.3) is 0 Å². The van der Waals surface area contributed by atoms with Gasteiger partial charge in [0, 0.05) is 6.08 Å². The summed E-state index contributed by atoms with van der Waals surface area (Å²) in [7, 11) is 0. The molecule has 0 heterocycles. The lowest BCUT2D eigenvalue weighted by atomic mass is 9.95. The highest BCUT2D eigenvalue weighted by Crippen LogP contribution is 2.18. The first-order chi connectivity index (χ1) is 8.20. The van der Waals surface area contributed by atoms with Gasteiger partial charge in [-0.05, 0) is 45.1 Å². The minimum absolute atomic E-state index is 0.557. The van der Waals surface area contributed by atoms with Crippen LogP contribution in [0.5, 0.6) is 0 Å². The first-order valence-corrected chi connectivity index (χ1v) is 6.51. The summed E-state index contributed by atoms with van der Waals surface area (Å²) >= 11 is 0. The average Bonchev–Trinajstić information content (AvgIpc) is 2.13. The summed E-state index contributed by atoms with van der Waals surface area (Å²) in [5.74, 6) is -0.350. The summed E-state index contributed by atoms with van der Waals surface area (Å²) in [5, 5.41) is 18.1. The highest BCUT2D eigenvalue weighted by molar-refractivity contribution is 5.81. The highest BCUT2D eigenvalue weighted by Gasteiger charge is 2.12. The molecule has 0 aliphatic rings. The van der Waals surface area contributed by atoms with Gasteiger partial charge in [-0.15, -0.1) is 0 Å². The number of allylic oxidation sites excluding steroid dienone is 3. The van der Waals surface area contributed by atoms with Crippen LogP contribution in [-0.4, -0.2) is 21.8 Å². The van der Waals surface area contributed by atoms with E-state index in [2.05, 4.69) is 6.92 Å². The van der Waals surface area contributed by atoms with E-state index < -0.39 is 11.6 Å². The number of carboxylic acid groups (broad SMARTS) is 1. The molecule has 0 saturated carbocycles. The molecule has 0 aliphatic carbocycles. The van der Waals surface area contributed by atoms with Crippen molar-refractivity contribution in [3.63, 3.8) is 0 Å². The zero-order chi connectivity index (χ0) is 14.2. The zero-order valence-electron chi connectivity index (χ0n) is 11.9. The zero-order valence-corrected chi connectivity index (χ0v) is 11.9. The van der Waals surface area contributed by atoms with Gasteiger partial charge in [0.1, 0.15) is 0 Å². The summed E-state index contributed by atoms with van der Waals surface area (Å²) in [6.45, 7) is 7.61. The third kappa shape index (κ3) is 11.4. The monoisotopic (exact) mass is 254 g/mol. The number of hydrogen-bond donors (Lipinski definition) is 2. The van der Waals surface area contributed by atoms with Gasteiger partial charge in [-0.25, -0.2) is 4.79 Å². The van der Waals surface area contributed by atoms with Gasteiger partial charge in [0.05, 0.1) is 5.60 Å². The summed E-state index contributed by atoms with van der Waals surface area (Å²) in [6, 6.07) is 0. The van der Waals surface area contributed by atoms with Gasteiger partial charge in [-0.3, -0.25) is 0 Å². The fraction of sp³-hybridized carbons (Fsp3) is 0.667. The summed E-state index contributed by atoms with van der Waals surface area (Å²) in [5.41, 5.74) is 0.183. The van der Waals surface area contributed by atoms with Crippen LogP contribution in [0.3, 0.4) is 0 Å². The van der Waals surface area contributed by atoms with Crippen molar-refractivity contribution in [3.8, 4) is 0 Å². The minimum atomic E-state index is -0.907. The van der Waals surface area contributed by atoms with E-state index in [-0.39, 0.29) is 0 Å². The molecular weight excluding hydrogens is 228 g/mol. The third-order valence-electron chi connectivity index (χ3n) is 2.76. The van der Waals surface area contributed by atoms with Crippen LogP contribution in [-0.2, 0) is 4.79 Å². The molecule has 0 aromatic carbocycles. The van der Waals surface area contributed by atoms with Gasteiger partial charge in [-0.1, -0.05) is 31.9 Å². The van der Waals surface area contributed by atoms with Crippen LogP contribution in [0.1, 0.15) is 53.4 Å². The average molecular weight is 254 g/mol. The fourth-order valence-corrected chi connectivity index (χ4v) is 1.73. The number of aliphatic carboxylic acids is 1. The first kappa shape index (κ1) is 16.9. The predicted octanol–water partition coefficient (Wildman–Crippen LogP) is 3.54. The molecule has 0 amide bonds. The number of carbonyl (C=O) groups is 1. The summed E-state index contributed by atoms with van der Waals surface area (Å²) in [4.78, 5) is 10.4. The molecule has 0 bridgehead atoms. The normalized spacial score (nSPS) is 15.1. The van der Waals surface area contributed by atoms with Gasteiger partial charge < -0.3 is 10.2 Å². The van der Waals surface area contributed by atoms with Gasteiger partial charge >= 0.3 is 5.97 Å². The van der Waals surface area contributed by atoms with Gasteiger partial charge in [-0.2, -0.15) is 0 Å². The molecule has 3 heteroatoms. The smallest absolute Gasteiger partial charge is 0.328 e. The Morgan fingerprint density at radius 1 is 1.39 bits per heavy atom. The van der Waals surface area contributed by atoms with Gasteiger partial charge in [0.15, 0.2) is 0 Å². The molecule has 18 heavy (non-hydrogen) atoms. The molecule has 0 radical (unpaired) electrons. The number of carboxylic acids is 1. The lowest BCUT2D eigenvalue weighted by Crippen LogP contribution is -2.18. The Morgan fingerprint density at radius 3 is 2.50 bits per heavy atom. The lowest BCUT2D eigenvalue weighted by Gasteiger charge is -2.17. The molecule has 0 aromatic rings. The van der Waals surface area contributed by atoms with Gasteiger partial charge in [0.2, 0.25) is 0 Å². The van der Waals surface area contributed by atoms with E-state index in [9.17, 15) is 9.90 Å². The first-order valence-electron chi connectivity index (χ1n) is 6.51. The molecule has 0 aromatic heterocycles. The Bertz CT molecular complexity index is 308. The van der Waals surface area contributed by atoms with Crippen molar-refractivity contribution in [2.24, 2.45) is 5.92 Å². The Morgan fingerprint density at radius 2 is 2.00 bits per heavy atom. The molecule has 0 saturated heterocycles. The number of rotatable bonds is 8. The van der Waals surface area contributed by atoms with Crippen molar-refractivity contribution in [2.45, 2.75) is 59.0 Å². The van der Waals surface area contributed by atoms with Crippen LogP contribution in [0.25, 0.3) is 0 Å². The second-order valence-corrected chi connectivity index (χ2v) is 5.67. The molecule has 0 rings (SSSR count). The van der Waals surface area contributed by atoms with Crippen LogP contribution in [0.4, 0.5) is 0 Å². The van der Waals surface area contributed by atoms with Crippen molar-refractivity contribution in [1.29, 1.82) is 0 Å². The standard InChI is InChI=1S/C15H26O3/c1-12(9-6-10-15(3,4)18)7-5-8-13(2)11-14(16)17/h5,8,11-12,18H,6-7,9-10H2,1-4H3,(H,16,17). The van der Waals surface area contributed by atoms with Crippen molar-refractivity contribution in [2.75, 3.05) is 0 Å². The van der Waals surface area contributed by atoms with E-state index in [0.29, 0.717) is 5.92 Å². The van der Waals surface area contributed by atoms with Crippen molar-refractivity contribution in [1.82, 2.24) is 0 Å². The maximum atomic E-state index is 10.4. The number of hydrogen-bond acceptors (Lipinski definition) is 2. The maximum absolute atomic E-state index is 10.4. The molecule has 0 spiro atoms. The Kier molecular flexibility index (Phi) is 7.60. The van der Waals surface area contributed by atoms with E-state index in [0.717, 1.165) is 31.3 Å². The van der Waals surface area contributed by atoms with E-state index >= 15 is 0 Å². The van der Waals surface area contributed by atoms with E-state index in [1.165, 1.54) is 6.08 Å². The molecular formula is C15H26O3. The molecule has 1 unspecified atom stereocenters.